The molecule has 1 atom stereocenters. The van der Waals surface area contributed by atoms with Gasteiger partial charge < -0.3 is 4.42 Å². The van der Waals surface area contributed by atoms with Crippen LogP contribution in [-0.4, -0.2) is 8.42 Å². The third-order valence-electron chi connectivity index (χ3n) is 2.19. The highest BCUT2D eigenvalue weighted by molar-refractivity contribution is 7.87. The van der Waals surface area contributed by atoms with E-state index in [0.717, 1.165) is 5.76 Å². The van der Waals surface area contributed by atoms with Crippen LogP contribution >= 0.6 is 0 Å². The van der Waals surface area contributed by atoms with Gasteiger partial charge in [-0.1, -0.05) is 20.8 Å². The molecule has 0 aliphatic carbocycles. The number of nitrogens with one attached hydrogen (secondary N) is 1. The molecular formula is C10H18N2O3S. The van der Waals surface area contributed by atoms with Crippen LogP contribution in [0.25, 0.3) is 0 Å². The Labute approximate surface area is 96.2 Å². The molecule has 0 radical (unpaired) electrons. The van der Waals surface area contributed by atoms with Gasteiger partial charge in [0.05, 0.1) is 6.04 Å². The standard InChI is InChI=1S/C10H18N2O3S/c1-7-5-6-8(15-7)9(10(2,3)4)12-16(11,13)14/h5-6,9,12H,1-4H3,(H2,11,13,14)/t9-/m1/s1. The number of aryl methyl sites for hydroxylation is 1. The molecule has 0 bridgehead atoms. The van der Waals surface area contributed by atoms with Crippen LogP contribution in [0, 0.1) is 12.3 Å². The number of hydrogen-bond acceptors (Lipinski definition) is 3. The first-order chi connectivity index (χ1) is 7.09. The van der Waals surface area contributed by atoms with Crippen molar-refractivity contribution in [2.75, 3.05) is 0 Å². The summed E-state index contributed by atoms with van der Waals surface area (Å²) in [5, 5.41) is 5.00. The van der Waals surface area contributed by atoms with Crippen molar-refractivity contribution in [1.82, 2.24) is 4.72 Å². The lowest BCUT2D eigenvalue weighted by molar-refractivity contribution is 0.262. The molecule has 3 N–H and O–H groups in total. The molecule has 1 rings (SSSR count). The SMILES string of the molecule is Cc1ccc([C@@H](NS(N)(=O)=O)C(C)(C)C)o1. The zero-order chi connectivity index (χ0) is 12.6. The third kappa shape index (κ3) is 3.62. The first kappa shape index (κ1) is 13.2. The molecule has 0 spiro atoms. The molecule has 0 unspecified atom stereocenters. The molecule has 16 heavy (non-hydrogen) atoms. The average Bonchev–Trinajstić information content (AvgIpc) is 2.43. The largest absolute Gasteiger partial charge is 0.465 e. The highest BCUT2D eigenvalue weighted by atomic mass is 32.2. The molecule has 1 aromatic heterocycles. The minimum Gasteiger partial charge on any atom is -0.465 e. The van der Waals surface area contributed by atoms with Crippen LogP contribution in [-0.2, 0) is 10.2 Å². The van der Waals surface area contributed by atoms with Crippen molar-refractivity contribution in [2.24, 2.45) is 10.6 Å². The summed E-state index contributed by atoms with van der Waals surface area (Å²) < 4.78 is 30.0. The first-order valence-electron chi connectivity index (χ1n) is 4.96. The first-order valence-corrected chi connectivity index (χ1v) is 6.50. The highest BCUT2D eigenvalue weighted by Gasteiger charge is 2.31. The molecule has 0 fully saturated rings. The van der Waals surface area contributed by atoms with Gasteiger partial charge in [-0.15, -0.1) is 0 Å². The summed E-state index contributed by atoms with van der Waals surface area (Å²) in [5.74, 6) is 1.31. The Balaban J connectivity index is 3.07. The summed E-state index contributed by atoms with van der Waals surface area (Å²) in [4.78, 5) is 0. The molecular weight excluding hydrogens is 228 g/mol. The van der Waals surface area contributed by atoms with Gasteiger partial charge in [-0.2, -0.15) is 13.1 Å². The van der Waals surface area contributed by atoms with Crippen LogP contribution in [0.15, 0.2) is 16.5 Å². The maximum atomic E-state index is 11.1. The van der Waals surface area contributed by atoms with Gasteiger partial charge >= 0.3 is 0 Å². The van der Waals surface area contributed by atoms with Gasteiger partial charge in [-0.25, -0.2) is 5.14 Å². The minimum absolute atomic E-state index is 0.323. The van der Waals surface area contributed by atoms with Crippen LogP contribution in [0.2, 0.25) is 0 Å². The van der Waals surface area contributed by atoms with Gasteiger partial charge in [-0.3, -0.25) is 0 Å². The second kappa shape index (κ2) is 4.20. The maximum absolute atomic E-state index is 11.1. The number of nitrogens with two attached hydrogens (primary N) is 1. The fourth-order valence-corrected chi connectivity index (χ4v) is 2.23. The van der Waals surface area contributed by atoms with E-state index in [2.05, 4.69) is 4.72 Å². The van der Waals surface area contributed by atoms with Crippen LogP contribution < -0.4 is 9.86 Å². The Morgan fingerprint density at radius 3 is 2.25 bits per heavy atom. The molecule has 1 heterocycles. The number of furan rings is 1. The van der Waals surface area contributed by atoms with Crippen molar-refractivity contribution in [3.63, 3.8) is 0 Å². The van der Waals surface area contributed by atoms with Gasteiger partial charge in [-0.05, 0) is 24.5 Å². The van der Waals surface area contributed by atoms with Crippen LogP contribution in [0.5, 0.6) is 0 Å². The summed E-state index contributed by atoms with van der Waals surface area (Å²) in [6, 6.07) is 3.07. The van der Waals surface area contributed by atoms with E-state index in [1.54, 1.807) is 19.1 Å². The van der Waals surface area contributed by atoms with Crippen LogP contribution in [0.4, 0.5) is 0 Å². The lowest BCUT2D eigenvalue weighted by Gasteiger charge is -2.28. The van der Waals surface area contributed by atoms with Crippen molar-refractivity contribution >= 4 is 10.2 Å². The summed E-state index contributed by atoms with van der Waals surface area (Å²) >= 11 is 0. The zero-order valence-corrected chi connectivity index (χ0v) is 10.8. The fraction of sp³-hybridized carbons (Fsp3) is 0.600. The quantitative estimate of drug-likeness (QED) is 0.846. The Morgan fingerprint density at radius 1 is 1.38 bits per heavy atom. The number of hydrogen-bond donors (Lipinski definition) is 2. The Morgan fingerprint density at radius 2 is 1.94 bits per heavy atom. The normalized spacial score (nSPS) is 15.1. The summed E-state index contributed by atoms with van der Waals surface area (Å²) in [5.41, 5.74) is -0.323. The van der Waals surface area contributed by atoms with E-state index in [0.29, 0.717) is 5.76 Å². The molecule has 5 nitrogen and oxygen atoms in total. The lowest BCUT2D eigenvalue weighted by atomic mass is 9.86. The highest BCUT2D eigenvalue weighted by Crippen LogP contribution is 2.33. The van der Waals surface area contributed by atoms with E-state index in [9.17, 15) is 8.42 Å². The predicted molar refractivity (Wildman–Crippen MR) is 61.9 cm³/mol. The Kier molecular flexibility index (Phi) is 3.47. The second-order valence-corrected chi connectivity index (χ2v) is 6.24. The minimum atomic E-state index is -3.76. The Hall–Kier alpha value is -0.850. The molecule has 0 saturated carbocycles. The van der Waals surface area contributed by atoms with Gasteiger partial charge in [0.2, 0.25) is 0 Å². The summed E-state index contributed by atoms with van der Waals surface area (Å²) in [7, 11) is -3.76. The summed E-state index contributed by atoms with van der Waals surface area (Å²) in [6.07, 6.45) is 0. The molecule has 1 aromatic rings. The van der Waals surface area contributed by atoms with E-state index in [4.69, 9.17) is 9.56 Å². The van der Waals surface area contributed by atoms with Gasteiger partial charge in [0, 0.05) is 0 Å². The molecule has 0 aliphatic rings. The fourth-order valence-electron chi connectivity index (χ4n) is 1.43. The molecule has 92 valence electrons. The Bertz CT molecular complexity index is 457. The second-order valence-electron chi connectivity index (χ2n) is 4.91. The third-order valence-corrected chi connectivity index (χ3v) is 2.76. The lowest BCUT2D eigenvalue weighted by Crippen LogP contribution is -2.40. The number of rotatable bonds is 3. The van der Waals surface area contributed by atoms with E-state index < -0.39 is 16.3 Å². The van der Waals surface area contributed by atoms with E-state index in [1.165, 1.54) is 0 Å². The van der Waals surface area contributed by atoms with Crippen molar-refractivity contribution in [3.05, 3.63) is 23.7 Å². The average molecular weight is 246 g/mol. The van der Waals surface area contributed by atoms with Gasteiger partial charge in [0.15, 0.2) is 0 Å². The molecule has 0 aromatic carbocycles. The maximum Gasteiger partial charge on any atom is 0.275 e. The molecule has 0 amide bonds. The smallest absolute Gasteiger partial charge is 0.275 e. The van der Waals surface area contributed by atoms with Crippen molar-refractivity contribution in [3.8, 4) is 0 Å². The van der Waals surface area contributed by atoms with Crippen molar-refractivity contribution < 1.29 is 12.8 Å². The van der Waals surface area contributed by atoms with Crippen molar-refractivity contribution in [2.45, 2.75) is 33.7 Å². The van der Waals surface area contributed by atoms with Gasteiger partial charge in [0.1, 0.15) is 11.5 Å². The molecule has 0 saturated heterocycles. The van der Waals surface area contributed by atoms with Crippen molar-refractivity contribution in [1.29, 1.82) is 0 Å². The molecule has 0 aliphatic heterocycles. The monoisotopic (exact) mass is 246 g/mol. The van der Waals surface area contributed by atoms with Gasteiger partial charge in [0.25, 0.3) is 10.2 Å². The van der Waals surface area contributed by atoms with Crippen LogP contribution in [0.1, 0.15) is 38.3 Å². The summed E-state index contributed by atoms with van der Waals surface area (Å²) in [6.45, 7) is 7.54. The van der Waals surface area contributed by atoms with E-state index in [1.807, 2.05) is 20.8 Å². The van der Waals surface area contributed by atoms with E-state index >= 15 is 0 Å². The van der Waals surface area contributed by atoms with E-state index in [-0.39, 0.29) is 5.41 Å². The predicted octanol–water partition coefficient (Wildman–Crippen LogP) is 1.47. The topological polar surface area (TPSA) is 85.3 Å². The zero-order valence-electron chi connectivity index (χ0n) is 9.94. The van der Waals surface area contributed by atoms with Crippen LogP contribution in [0.3, 0.4) is 0 Å². The molecule has 6 heteroatoms.